The van der Waals surface area contributed by atoms with Gasteiger partial charge in [0.15, 0.2) is 0 Å². The Labute approximate surface area is 100 Å². The van der Waals surface area contributed by atoms with Gasteiger partial charge < -0.3 is 19.9 Å². The molecule has 0 spiro atoms. The molecular formula is C12H19NO4. The average molecular weight is 241 g/mol. The van der Waals surface area contributed by atoms with Gasteiger partial charge in [-0.05, 0) is 33.3 Å². The Balaban J connectivity index is 2.54. The molecule has 0 aromatic carbocycles. The number of furan rings is 1. The number of aliphatic hydroxyl groups is 1. The number of aliphatic hydroxyl groups excluding tert-OH is 1. The van der Waals surface area contributed by atoms with Crippen molar-refractivity contribution in [2.24, 2.45) is 0 Å². The maximum absolute atomic E-state index is 10.7. The van der Waals surface area contributed by atoms with Crippen LogP contribution in [-0.2, 0) is 6.54 Å². The van der Waals surface area contributed by atoms with Gasteiger partial charge >= 0.3 is 5.97 Å². The third-order valence-electron chi connectivity index (χ3n) is 2.57. The summed E-state index contributed by atoms with van der Waals surface area (Å²) in [4.78, 5) is 10.7. The first-order valence-electron chi connectivity index (χ1n) is 5.64. The van der Waals surface area contributed by atoms with Gasteiger partial charge in [-0.1, -0.05) is 0 Å². The first-order valence-corrected chi connectivity index (χ1v) is 5.64. The SMILES string of the molecule is Cc1oc(C(=O)O)cc1CNC(C)CC(C)O. The monoisotopic (exact) mass is 241 g/mol. The number of hydrogen-bond acceptors (Lipinski definition) is 4. The second kappa shape index (κ2) is 5.84. The molecule has 0 aliphatic heterocycles. The molecule has 0 aliphatic carbocycles. The van der Waals surface area contributed by atoms with Gasteiger partial charge in [0.25, 0.3) is 0 Å². The Morgan fingerprint density at radius 1 is 1.53 bits per heavy atom. The van der Waals surface area contributed by atoms with Crippen molar-refractivity contribution in [1.29, 1.82) is 0 Å². The van der Waals surface area contributed by atoms with Gasteiger partial charge in [0, 0.05) is 18.2 Å². The van der Waals surface area contributed by atoms with Crippen molar-refractivity contribution in [2.45, 2.75) is 45.9 Å². The van der Waals surface area contributed by atoms with Gasteiger partial charge in [0.05, 0.1) is 6.10 Å². The highest BCUT2D eigenvalue weighted by molar-refractivity contribution is 5.84. The van der Waals surface area contributed by atoms with Crippen LogP contribution in [0.25, 0.3) is 0 Å². The van der Waals surface area contributed by atoms with Gasteiger partial charge in [0.2, 0.25) is 5.76 Å². The van der Waals surface area contributed by atoms with Crippen molar-refractivity contribution in [1.82, 2.24) is 5.32 Å². The van der Waals surface area contributed by atoms with Gasteiger partial charge in [-0.15, -0.1) is 0 Å². The molecule has 0 radical (unpaired) electrons. The zero-order valence-electron chi connectivity index (χ0n) is 10.4. The summed E-state index contributed by atoms with van der Waals surface area (Å²) in [5, 5.41) is 21.2. The molecule has 2 atom stereocenters. The van der Waals surface area contributed by atoms with E-state index in [-0.39, 0.29) is 17.9 Å². The molecule has 0 amide bonds. The molecule has 3 N–H and O–H groups in total. The molecule has 17 heavy (non-hydrogen) atoms. The highest BCUT2D eigenvalue weighted by Crippen LogP contribution is 2.14. The van der Waals surface area contributed by atoms with Crippen molar-refractivity contribution < 1.29 is 19.4 Å². The second-order valence-electron chi connectivity index (χ2n) is 4.36. The minimum Gasteiger partial charge on any atom is -0.475 e. The maximum Gasteiger partial charge on any atom is 0.371 e. The largest absolute Gasteiger partial charge is 0.475 e. The summed E-state index contributed by atoms with van der Waals surface area (Å²) in [5.41, 5.74) is 0.833. The summed E-state index contributed by atoms with van der Waals surface area (Å²) < 4.78 is 5.10. The van der Waals surface area contributed by atoms with E-state index in [1.165, 1.54) is 6.07 Å². The van der Waals surface area contributed by atoms with Gasteiger partial charge in [-0.3, -0.25) is 0 Å². The summed E-state index contributed by atoms with van der Waals surface area (Å²) in [7, 11) is 0. The Kier molecular flexibility index (Phi) is 4.72. The summed E-state index contributed by atoms with van der Waals surface area (Å²) in [6, 6.07) is 1.69. The summed E-state index contributed by atoms with van der Waals surface area (Å²) in [5.74, 6) is -0.488. The molecule has 1 rings (SSSR count). The lowest BCUT2D eigenvalue weighted by molar-refractivity contribution is 0.0661. The number of rotatable bonds is 6. The van der Waals surface area contributed by atoms with E-state index in [2.05, 4.69) is 5.32 Å². The number of aryl methyl sites for hydroxylation is 1. The standard InChI is InChI=1S/C12H19NO4/c1-7(4-8(2)14)13-6-10-5-11(12(15)16)17-9(10)3/h5,7-8,13-14H,4,6H2,1-3H3,(H,15,16). The lowest BCUT2D eigenvalue weighted by Gasteiger charge is -2.14. The zero-order chi connectivity index (χ0) is 13.0. The third kappa shape index (κ3) is 4.20. The van der Waals surface area contributed by atoms with Crippen LogP contribution in [0.1, 0.15) is 42.1 Å². The van der Waals surface area contributed by atoms with Crippen molar-refractivity contribution in [3.8, 4) is 0 Å². The van der Waals surface area contributed by atoms with Crippen LogP contribution in [0.3, 0.4) is 0 Å². The van der Waals surface area contributed by atoms with Gasteiger partial charge in [-0.2, -0.15) is 0 Å². The molecule has 0 aliphatic rings. The molecule has 2 unspecified atom stereocenters. The van der Waals surface area contributed by atoms with Crippen LogP contribution in [0.5, 0.6) is 0 Å². The van der Waals surface area contributed by atoms with Crippen molar-refractivity contribution in [3.05, 3.63) is 23.2 Å². The van der Waals surface area contributed by atoms with E-state index in [1.807, 2.05) is 6.92 Å². The molecule has 0 saturated carbocycles. The average Bonchev–Trinajstić information content (AvgIpc) is 2.56. The fourth-order valence-corrected chi connectivity index (χ4v) is 1.68. The van der Waals surface area contributed by atoms with Crippen molar-refractivity contribution in [2.75, 3.05) is 0 Å². The Morgan fingerprint density at radius 2 is 2.18 bits per heavy atom. The van der Waals surface area contributed by atoms with E-state index >= 15 is 0 Å². The van der Waals surface area contributed by atoms with Crippen LogP contribution >= 0.6 is 0 Å². The Hall–Kier alpha value is -1.33. The fraction of sp³-hybridized carbons (Fsp3) is 0.583. The summed E-state index contributed by atoms with van der Waals surface area (Å²) >= 11 is 0. The number of carboxylic acids is 1. The summed E-state index contributed by atoms with van der Waals surface area (Å²) in [6.45, 7) is 5.99. The normalized spacial score (nSPS) is 14.6. The van der Waals surface area contributed by atoms with E-state index in [4.69, 9.17) is 9.52 Å². The fourth-order valence-electron chi connectivity index (χ4n) is 1.68. The van der Waals surface area contributed by atoms with Crippen LogP contribution in [0.15, 0.2) is 10.5 Å². The second-order valence-corrected chi connectivity index (χ2v) is 4.36. The highest BCUT2D eigenvalue weighted by atomic mass is 16.4. The molecule has 0 bridgehead atoms. The predicted molar refractivity (Wildman–Crippen MR) is 63.0 cm³/mol. The van der Waals surface area contributed by atoms with E-state index in [0.717, 1.165) is 5.56 Å². The van der Waals surface area contributed by atoms with Gasteiger partial charge in [-0.25, -0.2) is 4.79 Å². The first kappa shape index (κ1) is 13.7. The van der Waals surface area contributed by atoms with Crippen molar-refractivity contribution in [3.63, 3.8) is 0 Å². The Morgan fingerprint density at radius 3 is 2.65 bits per heavy atom. The molecule has 5 heteroatoms. The van der Waals surface area contributed by atoms with E-state index in [1.54, 1.807) is 13.8 Å². The quantitative estimate of drug-likeness (QED) is 0.703. The smallest absolute Gasteiger partial charge is 0.371 e. The Bertz CT molecular complexity index is 384. The van der Waals surface area contributed by atoms with Crippen LogP contribution in [0.4, 0.5) is 0 Å². The minimum absolute atomic E-state index is 0.0394. The van der Waals surface area contributed by atoms with Crippen LogP contribution < -0.4 is 5.32 Å². The number of nitrogens with one attached hydrogen (secondary N) is 1. The molecule has 1 heterocycles. The number of carbonyl (C=O) groups is 1. The van der Waals surface area contributed by atoms with Crippen LogP contribution in [-0.4, -0.2) is 28.3 Å². The minimum atomic E-state index is -1.06. The number of hydrogen-bond donors (Lipinski definition) is 3. The van der Waals surface area contributed by atoms with E-state index in [9.17, 15) is 9.90 Å². The van der Waals surface area contributed by atoms with Gasteiger partial charge in [0.1, 0.15) is 5.76 Å². The topological polar surface area (TPSA) is 82.7 Å². The molecule has 0 fully saturated rings. The number of aromatic carboxylic acids is 1. The summed E-state index contributed by atoms with van der Waals surface area (Å²) in [6.07, 6.45) is 0.306. The first-order chi connectivity index (χ1) is 7.90. The molecule has 96 valence electrons. The lowest BCUT2D eigenvalue weighted by Crippen LogP contribution is -2.28. The third-order valence-corrected chi connectivity index (χ3v) is 2.57. The van der Waals surface area contributed by atoms with Crippen LogP contribution in [0.2, 0.25) is 0 Å². The van der Waals surface area contributed by atoms with Crippen LogP contribution in [0, 0.1) is 6.92 Å². The predicted octanol–water partition coefficient (Wildman–Crippen LogP) is 1.54. The van der Waals surface area contributed by atoms with E-state index < -0.39 is 5.97 Å². The molecule has 1 aromatic heterocycles. The molecule has 0 saturated heterocycles. The molecular weight excluding hydrogens is 222 g/mol. The zero-order valence-corrected chi connectivity index (χ0v) is 10.4. The number of carboxylic acid groups (broad SMARTS) is 1. The van der Waals surface area contributed by atoms with E-state index in [0.29, 0.717) is 18.7 Å². The highest BCUT2D eigenvalue weighted by Gasteiger charge is 2.13. The van der Waals surface area contributed by atoms with Crippen molar-refractivity contribution >= 4 is 5.97 Å². The maximum atomic E-state index is 10.7. The molecule has 5 nitrogen and oxygen atoms in total. The lowest BCUT2D eigenvalue weighted by atomic mass is 10.1. The molecule has 1 aromatic rings.